The predicted octanol–water partition coefficient (Wildman–Crippen LogP) is 3.94. The fraction of sp³-hybridized carbons (Fsp3) is 0.375. The number of hydrogen-bond donors (Lipinski definition) is 2. The lowest BCUT2D eigenvalue weighted by Gasteiger charge is -2.41. The smallest absolute Gasteiger partial charge is 0.343 e. The number of hydrogen-bond acceptors (Lipinski definition) is 7. The van der Waals surface area contributed by atoms with E-state index in [1.165, 1.54) is 0 Å². The number of ether oxygens (including phenoxy) is 2. The van der Waals surface area contributed by atoms with Crippen molar-refractivity contribution in [1.82, 2.24) is 9.97 Å². The summed E-state index contributed by atoms with van der Waals surface area (Å²) >= 11 is 0. The molecular weight excluding hydrogens is 392 g/mol. The summed E-state index contributed by atoms with van der Waals surface area (Å²) in [6, 6.07) is 15.2. The quantitative estimate of drug-likeness (QED) is 0.583. The first kappa shape index (κ1) is 21.1. The highest BCUT2D eigenvalue weighted by molar-refractivity contribution is 5.96. The minimum atomic E-state index is -0.543. The molecule has 0 spiro atoms. The summed E-state index contributed by atoms with van der Waals surface area (Å²) in [5, 5.41) is 4.29. The van der Waals surface area contributed by atoms with Gasteiger partial charge in [0.15, 0.2) is 0 Å². The number of nitrogens with zero attached hydrogens (tertiary/aromatic N) is 2. The molecule has 7 heteroatoms. The van der Waals surface area contributed by atoms with Crippen molar-refractivity contribution in [1.29, 1.82) is 0 Å². The lowest BCUT2D eigenvalue weighted by atomic mass is 9.80. The van der Waals surface area contributed by atoms with Gasteiger partial charge in [-0.25, -0.2) is 14.8 Å². The first-order valence-electron chi connectivity index (χ1n) is 10.7. The minimum Gasteiger partial charge on any atom is -0.471 e. The molecule has 0 saturated heterocycles. The molecule has 1 fully saturated rings. The molecule has 0 aliphatic heterocycles. The van der Waals surface area contributed by atoms with E-state index in [2.05, 4.69) is 15.3 Å². The third-order valence-electron chi connectivity index (χ3n) is 5.69. The van der Waals surface area contributed by atoms with Crippen LogP contribution in [0.4, 0.5) is 5.82 Å². The van der Waals surface area contributed by atoms with Crippen molar-refractivity contribution in [3.05, 3.63) is 60.3 Å². The van der Waals surface area contributed by atoms with Crippen molar-refractivity contribution < 1.29 is 14.3 Å². The van der Waals surface area contributed by atoms with Gasteiger partial charge in [-0.05, 0) is 51.0 Å². The van der Waals surface area contributed by atoms with Gasteiger partial charge >= 0.3 is 5.97 Å². The van der Waals surface area contributed by atoms with Crippen molar-refractivity contribution in [2.75, 3.05) is 11.9 Å². The summed E-state index contributed by atoms with van der Waals surface area (Å²) in [6.07, 6.45) is 3.96. The van der Waals surface area contributed by atoms with Gasteiger partial charge in [0.05, 0.1) is 12.1 Å². The first-order chi connectivity index (χ1) is 15.0. The number of anilines is 1. The van der Waals surface area contributed by atoms with Gasteiger partial charge < -0.3 is 20.5 Å². The maximum absolute atomic E-state index is 12.6. The zero-order valence-electron chi connectivity index (χ0n) is 17.9. The highest BCUT2D eigenvalue weighted by atomic mass is 16.5. The number of esters is 1. The molecule has 7 nitrogen and oxygen atoms in total. The Hall–Kier alpha value is -3.19. The van der Waals surface area contributed by atoms with Crippen molar-refractivity contribution in [3.63, 3.8) is 0 Å². The Morgan fingerprint density at radius 2 is 2.06 bits per heavy atom. The van der Waals surface area contributed by atoms with E-state index in [-0.39, 0.29) is 18.7 Å². The first-order valence-corrected chi connectivity index (χ1v) is 10.7. The standard InChI is InChI=1S/C24H28N4O3/c1-3-30-23(29)17-14-16-8-4-5-9-19(16)28-22(17)31-24(2)12-11-20(18(25)15-24)27-21-10-6-7-13-26-21/h4-10,13-14,18,20H,3,11-12,15,25H2,1-2H3,(H,26,27). The molecule has 2 aromatic heterocycles. The van der Waals surface area contributed by atoms with Crippen LogP contribution in [-0.2, 0) is 4.74 Å². The molecule has 4 rings (SSSR count). The van der Waals surface area contributed by atoms with E-state index in [4.69, 9.17) is 15.2 Å². The molecule has 3 aromatic rings. The summed E-state index contributed by atoms with van der Waals surface area (Å²) in [5.74, 6) is 0.672. The third kappa shape index (κ3) is 4.77. The number of nitrogens with one attached hydrogen (secondary N) is 1. The monoisotopic (exact) mass is 420 g/mol. The number of pyridine rings is 2. The molecule has 31 heavy (non-hydrogen) atoms. The SMILES string of the molecule is CCOC(=O)c1cc2ccccc2nc1OC1(C)CCC(Nc2ccccn2)C(N)C1. The molecule has 1 aliphatic carbocycles. The maximum atomic E-state index is 12.6. The number of aromatic nitrogens is 2. The molecule has 2 heterocycles. The fourth-order valence-corrected chi connectivity index (χ4v) is 4.09. The molecule has 0 amide bonds. The summed E-state index contributed by atoms with van der Waals surface area (Å²) < 4.78 is 11.6. The van der Waals surface area contributed by atoms with Gasteiger partial charge in [-0.15, -0.1) is 0 Å². The fourth-order valence-electron chi connectivity index (χ4n) is 4.09. The topological polar surface area (TPSA) is 99.4 Å². The van der Waals surface area contributed by atoms with Crippen LogP contribution in [0.1, 0.15) is 43.5 Å². The van der Waals surface area contributed by atoms with Crippen molar-refractivity contribution >= 4 is 22.7 Å². The Morgan fingerprint density at radius 3 is 2.81 bits per heavy atom. The second-order valence-corrected chi connectivity index (χ2v) is 8.18. The normalized spacial score (nSPS) is 23.3. The summed E-state index contributed by atoms with van der Waals surface area (Å²) in [5.41, 5.74) is 7.07. The summed E-state index contributed by atoms with van der Waals surface area (Å²) in [4.78, 5) is 21.6. The largest absolute Gasteiger partial charge is 0.471 e. The zero-order chi connectivity index (χ0) is 21.8. The Balaban J connectivity index is 1.55. The van der Waals surface area contributed by atoms with E-state index in [1.807, 2.05) is 49.4 Å². The molecule has 3 atom stereocenters. The van der Waals surface area contributed by atoms with Crippen LogP contribution in [0, 0.1) is 0 Å². The number of rotatable bonds is 6. The van der Waals surface area contributed by atoms with Crippen LogP contribution in [0.2, 0.25) is 0 Å². The predicted molar refractivity (Wildman–Crippen MR) is 120 cm³/mol. The van der Waals surface area contributed by atoms with Gasteiger partial charge in [-0.2, -0.15) is 0 Å². The molecule has 3 N–H and O–H groups in total. The number of para-hydroxylation sites is 1. The Kier molecular flexibility index (Phi) is 6.04. The molecule has 3 unspecified atom stereocenters. The van der Waals surface area contributed by atoms with E-state index in [1.54, 1.807) is 19.2 Å². The molecule has 0 radical (unpaired) electrons. The lowest BCUT2D eigenvalue weighted by molar-refractivity contribution is 0.0296. The third-order valence-corrected chi connectivity index (χ3v) is 5.69. The second-order valence-electron chi connectivity index (χ2n) is 8.18. The highest BCUT2D eigenvalue weighted by Gasteiger charge is 2.39. The average molecular weight is 421 g/mol. The number of fused-ring (bicyclic) bond motifs is 1. The minimum absolute atomic E-state index is 0.0978. The molecule has 0 bridgehead atoms. The summed E-state index contributed by atoms with van der Waals surface area (Å²) in [6.45, 7) is 4.09. The Morgan fingerprint density at radius 1 is 1.26 bits per heavy atom. The Labute approximate surface area is 182 Å². The van der Waals surface area contributed by atoms with E-state index in [0.717, 1.165) is 29.6 Å². The van der Waals surface area contributed by atoms with E-state index < -0.39 is 11.6 Å². The van der Waals surface area contributed by atoms with E-state index in [9.17, 15) is 4.79 Å². The van der Waals surface area contributed by atoms with Crippen molar-refractivity contribution in [2.45, 2.75) is 50.8 Å². The molecule has 1 aromatic carbocycles. The number of carbonyl (C=O) groups excluding carboxylic acids is 1. The van der Waals surface area contributed by atoms with Gasteiger partial charge in [0.1, 0.15) is 17.0 Å². The van der Waals surface area contributed by atoms with Crippen LogP contribution >= 0.6 is 0 Å². The van der Waals surface area contributed by atoms with Gasteiger partial charge in [0.25, 0.3) is 0 Å². The van der Waals surface area contributed by atoms with Gasteiger partial charge in [0, 0.05) is 30.1 Å². The van der Waals surface area contributed by atoms with Crippen LogP contribution in [-0.4, -0.2) is 40.2 Å². The average Bonchev–Trinajstić information content (AvgIpc) is 2.76. The maximum Gasteiger partial charge on any atom is 0.343 e. The molecule has 162 valence electrons. The van der Waals surface area contributed by atoms with E-state index >= 15 is 0 Å². The van der Waals surface area contributed by atoms with Gasteiger partial charge in [-0.1, -0.05) is 24.3 Å². The highest BCUT2D eigenvalue weighted by Crippen LogP contribution is 2.35. The van der Waals surface area contributed by atoms with Crippen molar-refractivity contribution in [2.24, 2.45) is 5.73 Å². The summed E-state index contributed by atoms with van der Waals surface area (Å²) in [7, 11) is 0. The Bertz CT molecular complexity index is 1060. The van der Waals surface area contributed by atoms with Crippen LogP contribution in [0.15, 0.2) is 54.7 Å². The van der Waals surface area contributed by atoms with Crippen LogP contribution in [0.25, 0.3) is 10.9 Å². The van der Waals surface area contributed by atoms with Crippen molar-refractivity contribution in [3.8, 4) is 5.88 Å². The number of benzene rings is 1. The molecular formula is C24H28N4O3. The van der Waals surface area contributed by atoms with Crippen LogP contribution in [0.5, 0.6) is 5.88 Å². The number of nitrogens with two attached hydrogens (primary N) is 1. The van der Waals surface area contributed by atoms with Crippen LogP contribution in [0.3, 0.4) is 0 Å². The molecule has 1 aliphatic rings. The van der Waals surface area contributed by atoms with Gasteiger partial charge in [-0.3, -0.25) is 0 Å². The second kappa shape index (κ2) is 8.89. The van der Waals surface area contributed by atoms with Crippen LogP contribution < -0.4 is 15.8 Å². The lowest BCUT2D eigenvalue weighted by Crippen LogP contribution is -2.53. The van der Waals surface area contributed by atoms with Gasteiger partial charge in [0.2, 0.25) is 5.88 Å². The zero-order valence-corrected chi connectivity index (χ0v) is 17.9. The molecule has 1 saturated carbocycles. The van der Waals surface area contributed by atoms with E-state index in [0.29, 0.717) is 17.9 Å². The number of carbonyl (C=O) groups is 1.